The summed E-state index contributed by atoms with van der Waals surface area (Å²) in [6.45, 7) is 5.46. The molecular formula is C21H27N3O2S2. The van der Waals surface area contributed by atoms with Crippen LogP contribution in [0.5, 0.6) is 0 Å². The highest BCUT2D eigenvalue weighted by Gasteiger charge is 2.27. The fourth-order valence-electron chi connectivity index (χ4n) is 3.54. The number of thioether (sulfide) groups is 1. The van der Waals surface area contributed by atoms with Crippen molar-refractivity contribution < 1.29 is 9.59 Å². The van der Waals surface area contributed by atoms with Gasteiger partial charge in [-0.25, -0.2) is 4.98 Å². The lowest BCUT2D eigenvalue weighted by atomic mass is 9.90. The van der Waals surface area contributed by atoms with Gasteiger partial charge in [-0.1, -0.05) is 42.1 Å². The Morgan fingerprint density at radius 1 is 1.29 bits per heavy atom. The van der Waals surface area contributed by atoms with Crippen LogP contribution in [-0.4, -0.2) is 40.0 Å². The van der Waals surface area contributed by atoms with Gasteiger partial charge in [0.2, 0.25) is 11.8 Å². The molecule has 0 spiro atoms. The van der Waals surface area contributed by atoms with E-state index in [-0.39, 0.29) is 23.5 Å². The Morgan fingerprint density at radius 3 is 2.61 bits per heavy atom. The fraction of sp³-hybridized carbons (Fsp3) is 0.476. The maximum absolute atomic E-state index is 12.8. The van der Waals surface area contributed by atoms with Gasteiger partial charge in [0.1, 0.15) is 0 Å². The van der Waals surface area contributed by atoms with E-state index < -0.39 is 0 Å². The molecule has 1 aromatic carbocycles. The Bertz CT molecular complexity index is 814. The highest BCUT2D eigenvalue weighted by molar-refractivity contribution is 8.02. The molecule has 2 aromatic rings. The zero-order valence-corrected chi connectivity index (χ0v) is 18.0. The van der Waals surface area contributed by atoms with Crippen LogP contribution in [0.4, 0.5) is 0 Å². The molecule has 1 atom stereocenters. The van der Waals surface area contributed by atoms with Gasteiger partial charge in [0.25, 0.3) is 0 Å². The van der Waals surface area contributed by atoms with Crippen molar-refractivity contribution in [3.63, 3.8) is 0 Å². The van der Waals surface area contributed by atoms with Crippen molar-refractivity contribution in [3.05, 3.63) is 46.5 Å². The van der Waals surface area contributed by atoms with E-state index in [1.807, 2.05) is 24.8 Å². The third kappa shape index (κ3) is 5.58. The van der Waals surface area contributed by atoms with Gasteiger partial charge in [0, 0.05) is 18.0 Å². The van der Waals surface area contributed by atoms with Crippen LogP contribution in [-0.2, 0) is 22.4 Å². The van der Waals surface area contributed by atoms with Crippen molar-refractivity contribution in [1.29, 1.82) is 0 Å². The van der Waals surface area contributed by atoms with Gasteiger partial charge in [-0.2, -0.15) is 0 Å². The Balaban J connectivity index is 1.50. The third-order valence-corrected chi connectivity index (χ3v) is 7.47. The van der Waals surface area contributed by atoms with E-state index in [4.69, 9.17) is 5.73 Å². The number of thiazole rings is 1. The van der Waals surface area contributed by atoms with E-state index in [1.165, 1.54) is 28.7 Å². The normalized spacial score (nSPS) is 16.1. The van der Waals surface area contributed by atoms with Crippen molar-refractivity contribution in [2.75, 3.05) is 13.1 Å². The molecule has 3 rings (SSSR count). The number of likely N-dealkylation sites (tertiary alicyclic amines) is 1. The molecule has 28 heavy (non-hydrogen) atoms. The second kappa shape index (κ2) is 9.56. The minimum Gasteiger partial charge on any atom is -0.369 e. The average molecular weight is 418 g/mol. The van der Waals surface area contributed by atoms with E-state index in [0.717, 1.165) is 47.3 Å². The SMILES string of the molecule is Cc1nc(SC(C)C(=O)N2CCC(Cc3ccccc3)CC2)sc1CC(N)=O. The number of benzene rings is 1. The van der Waals surface area contributed by atoms with Crippen LogP contribution < -0.4 is 5.73 Å². The van der Waals surface area contributed by atoms with Gasteiger partial charge >= 0.3 is 0 Å². The van der Waals surface area contributed by atoms with Gasteiger partial charge in [0.15, 0.2) is 4.34 Å². The second-order valence-corrected chi connectivity index (χ2v) is 10.0. The summed E-state index contributed by atoms with van der Waals surface area (Å²) in [5.41, 5.74) is 7.49. The number of piperidine rings is 1. The Morgan fingerprint density at radius 2 is 1.96 bits per heavy atom. The largest absolute Gasteiger partial charge is 0.369 e. The van der Waals surface area contributed by atoms with Crippen molar-refractivity contribution in [2.24, 2.45) is 11.7 Å². The lowest BCUT2D eigenvalue weighted by Crippen LogP contribution is -2.42. The van der Waals surface area contributed by atoms with E-state index in [2.05, 4.69) is 29.2 Å². The number of nitrogens with zero attached hydrogens (tertiary/aromatic N) is 2. The molecule has 0 aliphatic carbocycles. The van der Waals surface area contributed by atoms with Crippen molar-refractivity contribution >= 4 is 34.9 Å². The molecule has 0 bridgehead atoms. The molecule has 1 aliphatic heterocycles. The van der Waals surface area contributed by atoms with Crippen LogP contribution in [0.3, 0.4) is 0 Å². The van der Waals surface area contributed by atoms with E-state index >= 15 is 0 Å². The monoisotopic (exact) mass is 417 g/mol. The van der Waals surface area contributed by atoms with E-state index in [0.29, 0.717) is 5.92 Å². The topological polar surface area (TPSA) is 76.3 Å². The molecule has 0 saturated carbocycles. The third-order valence-electron chi connectivity index (χ3n) is 5.13. The van der Waals surface area contributed by atoms with Gasteiger partial charge in [-0.3, -0.25) is 9.59 Å². The smallest absolute Gasteiger partial charge is 0.235 e. The van der Waals surface area contributed by atoms with Gasteiger partial charge in [0.05, 0.1) is 17.4 Å². The predicted molar refractivity (Wildman–Crippen MR) is 115 cm³/mol. The van der Waals surface area contributed by atoms with Crippen molar-refractivity contribution in [1.82, 2.24) is 9.88 Å². The van der Waals surface area contributed by atoms with Crippen LogP contribution >= 0.6 is 23.1 Å². The molecule has 1 aliphatic rings. The average Bonchev–Trinajstić information content (AvgIpc) is 3.00. The summed E-state index contributed by atoms with van der Waals surface area (Å²) in [6.07, 6.45) is 3.41. The Hall–Kier alpha value is -1.86. The van der Waals surface area contributed by atoms with Crippen molar-refractivity contribution in [3.8, 4) is 0 Å². The van der Waals surface area contributed by atoms with Gasteiger partial charge in [-0.05, 0) is 44.6 Å². The van der Waals surface area contributed by atoms with Crippen LogP contribution in [0.25, 0.3) is 0 Å². The molecule has 2 heterocycles. The lowest BCUT2D eigenvalue weighted by molar-refractivity contribution is -0.131. The fourth-order valence-corrected chi connectivity index (χ4v) is 6.01. The van der Waals surface area contributed by atoms with Gasteiger partial charge < -0.3 is 10.6 Å². The molecular weight excluding hydrogens is 390 g/mol. The number of carbonyl (C=O) groups is 2. The molecule has 2 amide bonds. The number of carbonyl (C=O) groups excluding carboxylic acids is 2. The molecule has 1 aromatic heterocycles. The Kier molecular flexibility index (Phi) is 7.13. The summed E-state index contributed by atoms with van der Waals surface area (Å²) in [5.74, 6) is 0.464. The first-order valence-corrected chi connectivity index (χ1v) is 11.4. The minimum atomic E-state index is -0.356. The number of amides is 2. The van der Waals surface area contributed by atoms with Crippen molar-refractivity contribution in [2.45, 2.75) is 49.1 Å². The Labute approximate surface area is 174 Å². The number of aryl methyl sites for hydroxylation is 1. The standard InChI is InChI=1S/C21H27N3O2S2/c1-14-18(13-19(22)25)28-21(23-14)27-15(2)20(26)24-10-8-17(9-11-24)12-16-6-4-3-5-7-16/h3-7,15,17H,8-13H2,1-2H3,(H2,22,25). The maximum atomic E-state index is 12.8. The van der Waals surface area contributed by atoms with Crippen LogP contribution in [0, 0.1) is 12.8 Å². The summed E-state index contributed by atoms with van der Waals surface area (Å²) in [7, 11) is 0. The highest BCUT2D eigenvalue weighted by atomic mass is 32.2. The number of aromatic nitrogens is 1. The minimum absolute atomic E-state index is 0.174. The first kappa shape index (κ1) is 20.9. The van der Waals surface area contributed by atoms with Crippen LogP contribution in [0.2, 0.25) is 0 Å². The molecule has 1 fully saturated rings. The quantitative estimate of drug-likeness (QED) is 0.700. The van der Waals surface area contributed by atoms with Crippen LogP contribution in [0.15, 0.2) is 34.7 Å². The summed E-state index contributed by atoms with van der Waals surface area (Å²) < 4.78 is 0.827. The number of hydrogen-bond acceptors (Lipinski definition) is 5. The zero-order valence-electron chi connectivity index (χ0n) is 16.4. The molecule has 1 saturated heterocycles. The number of rotatable bonds is 7. The number of primary amides is 1. The lowest BCUT2D eigenvalue weighted by Gasteiger charge is -2.33. The van der Waals surface area contributed by atoms with E-state index in [1.54, 1.807) is 0 Å². The summed E-state index contributed by atoms with van der Waals surface area (Å²) in [4.78, 5) is 31.4. The first-order chi connectivity index (χ1) is 13.4. The van der Waals surface area contributed by atoms with Gasteiger partial charge in [-0.15, -0.1) is 11.3 Å². The first-order valence-electron chi connectivity index (χ1n) is 9.66. The molecule has 1 unspecified atom stereocenters. The zero-order chi connectivity index (χ0) is 20.1. The maximum Gasteiger partial charge on any atom is 0.235 e. The summed E-state index contributed by atoms with van der Waals surface area (Å²) >= 11 is 2.94. The number of nitrogens with two attached hydrogens (primary N) is 1. The molecule has 2 N–H and O–H groups in total. The summed E-state index contributed by atoms with van der Waals surface area (Å²) in [5, 5.41) is -0.183. The molecule has 150 valence electrons. The predicted octanol–water partition coefficient (Wildman–Crippen LogP) is 3.44. The molecule has 0 radical (unpaired) electrons. The van der Waals surface area contributed by atoms with E-state index in [9.17, 15) is 9.59 Å². The number of hydrogen-bond donors (Lipinski definition) is 1. The molecule has 5 nitrogen and oxygen atoms in total. The molecule has 7 heteroatoms. The van der Waals surface area contributed by atoms with Crippen LogP contribution in [0.1, 0.15) is 35.9 Å². The summed E-state index contributed by atoms with van der Waals surface area (Å²) in [6, 6.07) is 10.6. The highest BCUT2D eigenvalue weighted by Crippen LogP contribution is 2.32. The second-order valence-electron chi connectivity index (χ2n) is 7.35.